The van der Waals surface area contributed by atoms with Crippen molar-refractivity contribution in [2.45, 2.75) is 13.1 Å². The highest BCUT2D eigenvalue weighted by atomic mass is 79.9. The van der Waals surface area contributed by atoms with Gasteiger partial charge < -0.3 is 5.32 Å². The molecule has 0 atom stereocenters. The Balaban J connectivity index is 1.65. The van der Waals surface area contributed by atoms with E-state index in [-0.39, 0.29) is 0 Å². The summed E-state index contributed by atoms with van der Waals surface area (Å²) in [5.74, 6) is 0.798. The SMILES string of the molecule is Brc1ccc(CNCc2nnnn2-c2ccccc2)s1. The third-order valence-corrected chi connectivity index (χ3v) is 4.37. The fraction of sp³-hybridized carbons (Fsp3) is 0.154. The van der Waals surface area contributed by atoms with Gasteiger partial charge in [-0.1, -0.05) is 18.2 Å². The number of thiophene rings is 1. The van der Waals surface area contributed by atoms with Crippen molar-refractivity contribution in [3.05, 3.63) is 57.0 Å². The number of aromatic nitrogens is 4. The van der Waals surface area contributed by atoms with E-state index in [0.717, 1.165) is 21.8 Å². The molecule has 0 spiro atoms. The molecule has 5 nitrogen and oxygen atoms in total. The Labute approximate surface area is 128 Å². The van der Waals surface area contributed by atoms with Crippen molar-refractivity contribution in [1.82, 2.24) is 25.5 Å². The van der Waals surface area contributed by atoms with Crippen LogP contribution in [0.15, 0.2) is 46.3 Å². The van der Waals surface area contributed by atoms with Crippen LogP contribution in [-0.2, 0) is 13.1 Å². The van der Waals surface area contributed by atoms with E-state index in [1.807, 2.05) is 30.3 Å². The average molecular weight is 350 g/mol. The largest absolute Gasteiger partial charge is 0.305 e. The lowest BCUT2D eigenvalue weighted by Gasteiger charge is -2.05. The Morgan fingerprint density at radius 2 is 1.95 bits per heavy atom. The molecule has 0 fully saturated rings. The molecule has 2 aromatic heterocycles. The summed E-state index contributed by atoms with van der Waals surface area (Å²) in [6.07, 6.45) is 0. The molecule has 1 N–H and O–H groups in total. The van der Waals surface area contributed by atoms with Crippen LogP contribution in [0, 0.1) is 0 Å². The maximum absolute atomic E-state index is 4.06. The van der Waals surface area contributed by atoms with E-state index in [2.05, 4.69) is 48.9 Å². The van der Waals surface area contributed by atoms with Crippen LogP contribution in [0.5, 0.6) is 0 Å². The molecule has 2 heterocycles. The van der Waals surface area contributed by atoms with E-state index in [0.29, 0.717) is 6.54 Å². The number of nitrogens with one attached hydrogen (secondary N) is 1. The summed E-state index contributed by atoms with van der Waals surface area (Å²) < 4.78 is 2.89. The third-order valence-electron chi connectivity index (χ3n) is 2.75. The fourth-order valence-electron chi connectivity index (χ4n) is 1.83. The molecule has 102 valence electrons. The molecule has 0 aliphatic carbocycles. The smallest absolute Gasteiger partial charge is 0.170 e. The number of halogens is 1. The molecule has 0 unspecified atom stereocenters. The van der Waals surface area contributed by atoms with Crippen LogP contribution in [0.2, 0.25) is 0 Å². The van der Waals surface area contributed by atoms with Crippen LogP contribution in [0.25, 0.3) is 5.69 Å². The zero-order valence-electron chi connectivity index (χ0n) is 10.5. The van der Waals surface area contributed by atoms with Gasteiger partial charge in [-0.2, -0.15) is 4.68 Å². The lowest BCUT2D eigenvalue weighted by Crippen LogP contribution is -2.16. The van der Waals surface area contributed by atoms with Crippen molar-refractivity contribution in [1.29, 1.82) is 0 Å². The molecule has 0 aliphatic rings. The van der Waals surface area contributed by atoms with Crippen LogP contribution < -0.4 is 5.32 Å². The summed E-state index contributed by atoms with van der Waals surface area (Å²) >= 11 is 5.18. The predicted octanol–water partition coefficient (Wildman–Crippen LogP) is 2.78. The highest BCUT2D eigenvalue weighted by Gasteiger charge is 2.07. The Hall–Kier alpha value is -1.57. The molecule has 3 rings (SSSR count). The minimum Gasteiger partial charge on any atom is -0.305 e. The van der Waals surface area contributed by atoms with Gasteiger partial charge in [0.2, 0.25) is 0 Å². The van der Waals surface area contributed by atoms with Gasteiger partial charge in [0, 0.05) is 11.4 Å². The van der Waals surface area contributed by atoms with Gasteiger partial charge in [0.05, 0.1) is 16.0 Å². The summed E-state index contributed by atoms with van der Waals surface area (Å²) in [5, 5.41) is 15.2. The average Bonchev–Trinajstić information content (AvgIpc) is 3.09. The van der Waals surface area contributed by atoms with Crippen molar-refractivity contribution in [2.75, 3.05) is 0 Å². The second-order valence-electron chi connectivity index (χ2n) is 4.15. The molecule has 3 aromatic rings. The Kier molecular flexibility index (Phi) is 4.19. The lowest BCUT2D eigenvalue weighted by molar-refractivity contribution is 0.646. The van der Waals surface area contributed by atoms with Gasteiger partial charge in [-0.15, -0.1) is 16.4 Å². The van der Waals surface area contributed by atoms with Crippen molar-refractivity contribution in [2.24, 2.45) is 0 Å². The first-order valence-corrected chi connectivity index (χ1v) is 7.71. The number of tetrazole rings is 1. The minimum absolute atomic E-state index is 0.622. The van der Waals surface area contributed by atoms with Gasteiger partial charge in [0.15, 0.2) is 5.82 Å². The first-order chi connectivity index (χ1) is 9.83. The molecular weight excluding hydrogens is 338 g/mol. The summed E-state index contributed by atoms with van der Waals surface area (Å²) in [7, 11) is 0. The number of rotatable bonds is 5. The highest BCUT2D eigenvalue weighted by Crippen LogP contribution is 2.21. The van der Waals surface area contributed by atoms with E-state index in [4.69, 9.17) is 0 Å². The first-order valence-electron chi connectivity index (χ1n) is 6.10. The van der Waals surface area contributed by atoms with Crippen LogP contribution in [0.1, 0.15) is 10.7 Å². The van der Waals surface area contributed by atoms with E-state index < -0.39 is 0 Å². The highest BCUT2D eigenvalue weighted by molar-refractivity contribution is 9.11. The third kappa shape index (κ3) is 3.12. The van der Waals surface area contributed by atoms with E-state index in [1.54, 1.807) is 16.0 Å². The van der Waals surface area contributed by atoms with Gasteiger partial charge in [0.1, 0.15) is 0 Å². The van der Waals surface area contributed by atoms with Gasteiger partial charge >= 0.3 is 0 Å². The van der Waals surface area contributed by atoms with Crippen molar-refractivity contribution in [3.8, 4) is 5.69 Å². The zero-order valence-corrected chi connectivity index (χ0v) is 12.9. The van der Waals surface area contributed by atoms with Crippen molar-refractivity contribution in [3.63, 3.8) is 0 Å². The van der Waals surface area contributed by atoms with Gasteiger partial charge in [-0.25, -0.2) is 0 Å². The summed E-state index contributed by atoms with van der Waals surface area (Å²) in [4.78, 5) is 1.27. The number of para-hydroxylation sites is 1. The Morgan fingerprint density at radius 3 is 2.70 bits per heavy atom. The second-order valence-corrected chi connectivity index (χ2v) is 6.70. The van der Waals surface area contributed by atoms with E-state index in [9.17, 15) is 0 Å². The lowest BCUT2D eigenvalue weighted by atomic mass is 10.3. The zero-order chi connectivity index (χ0) is 13.8. The molecule has 7 heteroatoms. The molecular formula is C13H12BrN5S. The number of benzene rings is 1. The predicted molar refractivity (Wildman–Crippen MR) is 81.7 cm³/mol. The standard InChI is InChI=1S/C13H12BrN5S/c14-12-7-6-11(20-12)8-15-9-13-16-17-18-19(13)10-4-2-1-3-5-10/h1-7,15H,8-9H2. The molecule has 0 radical (unpaired) electrons. The number of hydrogen-bond donors (Lipinski definition) is 1. The molecule has 0 saturated carbocycles. The number of nitrogens with zero attached hydrogens (tertiary/aromatic N) is 4. The molecule has 1 aromatic carbocycles. The maximum Gasteiger partial charge on any atom is 0.170 e. The van der Waals surface area contributed by atoms with Crippen LogP contribution in [0.4, 0.5) is 0 Å². The normalized spacial score (nSPS) is 10.8. The van der Waals surface area contributed by atoms with Gasteiger partial charge in [-0.05, 0) is 50.6 Å². The van der Waals surface area contributed by atoms with Crippen LogP contribution in [-0.4, -0.2) is 20.2 Å². The summed E-state index contributed by atoms with van der Waals surface area (Å²) in [6.45, 7) is 1.43. The van der Waals surface area contributed by atoms with Crippen LogP contribution in [0.3, 0.4) is 0 Å². The Morgan fingerprint density at radius 1 is 1.10 bits per heavy atom. The van der Waals surface area contributed by atoms with E-state index >= 15 is 0 Å². The summed E-state index contributed by atoms with van der Waals surface area (Å²) in [5.41, 5.74) is 0.966. The van der Waals surface area contributed by atoms with Crippen LogP contribution >= 0.6 is 27.3 Å². The Bertz CT molecular complexity index is 679. The van der Waals surface area contributed by atoms with Crippen molar-refractivity contribution < 1.29 is 0 Å². The maximum atomic E-state index is 4.06. The van der Waals surface area contributed by atoms with Gasteiger partial charge in [-0.3, -0.25) is 0 Å². The second kappa shape index (κ2) is 6.25. The summed E-state index contributed by atoms with van der Waals surface area (Å²) in [6, 6.07) is 14.0. The molecule has 0 saturated heterocycles. The molecule has 0 bridgehead atoms. The fourth-order valence-corrected chi connectivity index (χ4v) is 3.28. The number of hydrogen-bond acceptors (Lipinski definition) is 5. The van der Waals surface area contributed by atoms with Gasteiger partial charge in [0.25, 0.3) is 0 Å². The monoisotopic (exact) mass is 349 g/mol. The quantitative estimate of drug-likeness (QED) is 0.769. The molecule has 0 aliphatic heterocycles. The molecule has 20 heavy (non-hydrogen) atoms. The van der Waals surface area contributed by atoms with E-state index in [1.165, 1.54) is 4.88 Å². The first kappa shape index (κ1) is 13.4. The minimum atomic E-state index is 0.622. The topological polar surface area (TPSA) is 55.6 Å². The molecule has 0 amide bonds. The van der Waals surface area contributed by atoms with Crippen molar-refractivity contribution >= 4 is 27.3 Å².